The van der Waals surface area contributed by atoms with Gasteiger partial charge < -0.3 is 15.4 Å². The SMILES string of the molecule is NC1=NC(=O)N(CC2CC2)C1c1ccc2c(c1)CCO2. The van der Waals surface area contributed by atoms with Gasteiger partial charge in [-0.3, -0.25) is 0 Å². The number of aliphatic imine (C=N–C) groups is 1. The Balaban J connectivity index is 1.67. The topological polar surface area (TPSA) is 67.9 Å². The van der Waals surface area contributed by atoms with Crippen LogP contribution in [0.2, 0.25) is 0 Å². The van der Waals surface area contributed by atoms with Gasteiger partial charge in [0.1, 0.15) is 17.6 Å². The number of benzene rings is 1. The minimum Gasteiger partial charge on any atom is -0.493 e. The lowest BCUT2D eigenvalue weighted by molar-refractivity contribution is 0.204. The summed E-state index contributed by atoms with van der Waals surface area (Å²) < 4.78 is 5.52. The van der Waals surface area contributed by atoms with Crippen LogP contribution in [0.5, 0.6) is 5.75 Å². The van der Waals surface area contributed by atoms with Gasteiger partial charge in [0.15, 0.2) is 0 Å². The molecule has 104 valence electrons. The molecule has 2 heterocycles. The van der Waals surface area contributed by atoms with E-state index in [2.05, 4.69) is 11.1 Å². The molecule has 1 aromatic rings. The number of fused-ring (bicyclic) bond motifs is 1. The van der Waals surface area contributed by atoms with Crippen molar-refractivity contribution in [2.24, 2.45) is 16.6 Å². The Morgan fingerprint density at radius 1 is 1.40 bits per heavy atom. The highest BCUT2D eigenvalue weighted by atomic mass is 16.5. The van der Waals surface area contributed by atoms with Crippen LogP contribution < -0.4 is 10.5 Å². The van der Waals surface area contributed by atoms with Crippen LogP contribution in [0.4, 0.5) is 4.79 Å². The monoisotopic (exact) mass is 271 g/mol. The van der Waals surface area contributed by atoms with Gasteiger partial charge in [-0.25, -0.2) is 4.79 Å². The molecule has 3 aliphatic rings. The maximum atomic E-state index is 12.0. The van der Waals surface area contributed by atoms with E-state index in [-0.39, 0.29) is 12.1 Å². The minimum absolute atomic E-state index is 0.198. The van der Waals surface area contributed by atoms with Gasteiger partial charge in [0.2, 0.25) is 0 Å². The molecule has 4 rings (SSSR count). The fourth-order valence-electron chi connectivity index (χ4n) is 3.00. The Labute approximate surface area is 117 Å². The second-order valence-corrected chi connectivity index (χ2v) is 5.78. The Morgan fingerprint density at radius 2 is 2.25 bits per heavy atom. The molecule has 0 bridgehead atoms. The minimum atomic E-state index is -0.200. The summed E-state index contributed by atoms with van der Waals surface area (Å²) in [7, 11) is 0. The first-order chi connectivity index (χ1) is 9.72. The maximum Gasteiger partial charge on any atom is 0.346 e. The number of nitrogens with two attached hydrogens (primary N) is 1. The zero-order chi connectivity index (χ0) is 13.7. The third-order valence-corrected chi connectivity index (χ3v) is 4.24. The fourth-order valence-corrected chi connectivity index (χ4v) is 3.00. The summed E-state index contributed by atoms with van der Waals surface area (Å²) in [4.78, 5) is 17.8. The predicted octanol–water partition coefficient (Wildman–Crippen LogP) is 1.87. The standard InChI is InChI=1S/C15H17N3O2/c16-14-13(18(15(19)17-14)8-9-1-2-9)11-3-4-12-10(7-11)5-6-20-12/h3-4,7,9,13H,1-2,5-6,8H2,(H2,16,17,19). The van der Waals surface area contributed by atoms with Crippen LogP contribution in [0.25, 0.3) is 0 Å². The Bertz CT molecular complexity index is 607. The summed E-state index contributed by atoms with van der Waals surface area (Å²) in [6.45, 7) is 1.50. The number of urea groups is 1. The largest absolute Gasteiger partial charge is 0.493 e. The molecule has 2 amide bonds. The number of amidine groups is 1. The molecule has 1 aromatic carbocycles. The van der Waals surface area contributed by atoms with E-state index in [0.717, 1.165) is 30.9 Å². The highest BCUT2D eigenvalue weighted by Gasteiger charge is 2.38. The van der Waals surface area contributed by atoms with Gasteiger partial charge in [-0.2, -0.15) is 4.99 Å². The van der Waals surface area contributed by atoms with Crippen molar-refractivity contribution in [3.63, 3.8) is 0 Å². The molecule has 0 saturated heterocycles. The molecule has 20 heavy (non-hydrogen) atoms. The lowest BCUT2D eigenvalue weighted by Crippen LogP contribution is -2.34. The summed E-state index contributed by atoms with van der Waals surface area (Å²) in [6.07, 6.45) is 3.33. The number of nitrogens with zero attached hydrogens (tertiary/aromatic N) is 2. The summed E-state index contributed by atoms with van der Waals surface area (Å²) in [5, 5.41) is 0. The molecule has 5 nitrogen and oxygen atoms in total. The molecule has 0 spiro atoms. The summed E-state index contributed by atoms with van der Waals surface area (Å²) in [6, 6.07) is 5.68. The average Bonchev–Trinajstić information content (AvgIpc) is 3.04. The number of hydrogen-bond acceptors (Lipinski definition) is 3. The van der Waals surface area contributed by atoms with E-state index in [0.29, 0.717) is 11.8 Å². The van der Waals surface area contributed by atoms with Gasteiger partial charge in [0.25, 0.3) is 0 Å². The van der Waals surface area contributed by atoms with Crippen molar-refractivity contribution in [2.45, 2.75) is 25.3 Å². The quantitative estimate of drug-likeness (QED) is 0.912. The smallest absolute Gasteiger partial charge is 0.346 e. The van der Waals surface area contributed by atoms with E-state index < -0.39 is 0 Å². The molecule has 0 radical (unpaired) electrons. The van der Waals surface area contributed by atoms with Crippen LogP contribution in [0, 0.1) is 5.92 Å². The lowest BCUT2D eigenvalue weighted by atomic mass is 10.0. The van der Waals surface area contributed by atoms with Gasteiger partial charge >= 0.3 is 6.03 Å². The number of carbonyl (C=O) groups excluding carboxylic acids is 1. The highest BCUT2D eigenvalue weighted by molar-refractivity contribution is 6.03. The third kappa shape index (κ3) is 1.85. The van der Waals surface area contributed by atoms with Crippen molar-refractivity contribution >= 4 is 11.9 Å². The van der Waals surface area contributed by atoms with Crippen LogP contribution in [0.15, 0.2) is 23.2 Å². The first kappa shape index (κ1) is 11.8. The molecule has 5 heteroatoms. The predicted molar refractivity (Wildman–Crippen MR) is 74.8 cm³/mol. The lowest BCUT2D eigenvalue weighted by Gasteiger charge is -2.24. The van der Waals surface area contributed by atoms with E-state index >= 15 is 0 Å². The van der Waals surface area contributed by atoms with Crippen LogP contribution in [-0.2, 0) is 6.42 Å². The summed E-state index contributed by atoms with van der Waals surface area (Å²) >= 11 is 0. The van der Waals surface area contributed by atoms with Crippen LogP contribution >= 0.6 is 0 Å². The number of amides is 2. The molecule has 1 aliphatic carbocycles. The van der Waals surface area contributed by atoms with Crippen molar-refractivity contribution in [1.82, 2.24) is 4.90 Å². The normalized spacial score (nSPS) is 24.6. The Kier molecular flexibility index (Phi) is 2.49. The van der Waals surface area contributed by atoms with Crippen molar-refractivity contribution in [2.75, 3.05) is 13.2 Å². The molecule has 2 N–H and O–H groups in total. The van der Waals surface area contributed by atoms with Crippen LogP contribution in [-0.4, -0.2) is 29.9 Å². The zero-order valence-electron chi connectivity index (χ0n) is 11.2. The molecule has 0 aromatic heterocycles. The molecule has 2 aliphatic heterocycles. The van der Waals surface area contributed by atoms with Crippen molar-refractivity contribution < 1.29 is 9.53 Å². The number of hydrogen-bond donors (Lipinski definition) is 1. The second-order valence-electron chi connectivity index (χ2n) is 5.78. The number of rotatable bonds is 3. The first-order valence-corrected chi connectivity index (χ1v) is 7.12. The van der Waals surface area contributed by atoms with Gasteiger partial charge in [-0.05, 0) is 42.0 Å². The number of ether oxygens (including phenoxy) is 1. The maximum absolute atomic E-state index is 12.0. The van der Waals surface area contributed by atoms with E-state index in [9.17, 15) is 4.79 Å². The Hall–Kier alpha value is -2.04. The van der Waals surface area contributed by atoms with Gasteiger partial charge in [-0.15, -0.1) is 0 Å². The fraction of sp³-hybridized carbons (Fsp3) is 0.467. The third-order valence-electron chi connectivity index (χ3n) is 4.24. The van der Waals surface area contributed by atoms with E-state index in [1.165, 1.54) is 18.4 Å². The average molecular weight is 271 g/mol. The summed E-state index contributed by atoms with van der Waals surface area (Å²) in [5.41, 5.74) is 8.23. The van der Waals surface area contributed by atoms with Crippen molar-refractivity contribution in [1.29, 1.82) is 0 Å². The van der Waals surface area contributed by atoms with E-state index in [4.69, 9.17) is 10.5 Å². The molecular formula is C15H17N3O2. The number of carbonyl (C=O) groups is 1. The Morgan fingerprint density at radius 3 is 3.05 bits per heavy atom. The van der Waals surface area contributed by atoms with Crippen LogP contribution in [0.3, 0.4) is 0 Å². The van der Waals surface area contributed by atoms with Crippen molar-refractivity contribution in [3.8, 4) is 5.75 Å². The van der Waals surface area contributed by atoms with Gasteiger partial charge in [0, 0.05) is 13.0 Å². The van der Waals surface area contributed by atoms with Gasteiger partial charge in [0.05, 0.1) is 6.61 Å². The molecule has 1 saturated carbocycles. The summed E-state index contributed by atoms with van der Waals surface area (Å²) in [5.74, 6) is 1.98. The zero-order valence-corrected chi connectivity index (χ0v) is 11.2. The second kappa shape index (κ2) is 4.23. The molecule has 1 unspecified atom stereocenters. The van der Waals surface area contributed by atoms with Crippen LogP contribution in [0.1, 0.15) is 30.0 Å². The first-order valence-electron chi connectivity index (χ1n) is 7.12. The molecule has 1 fully saturated rings. The molecular weight excluding hydrogens is 254 g/mol. The van der Waals surface area contributed by atoms with Gasteiger partial charge in [-0.1, -0.05) is 6.07 Å². The van der Waals surface area contributed by atoms with Crippen molar-refractivity contribution in [3.05, 3.63) is 29.3 Å². The van der Waals surface area contributed by atoms with E-state index in [1.54, 1.807) is 0 Å². The highest BCUT2D eigenvalue weighted by Crippen LogP contribution is 2.37. The molecule has 1 atom stereocenters. The van der Waals surface area contributed by atoms with E-state index in [1.807, 2.05) is 17.0 Å².